The lowest BCUT2D eigenvalue weighted by Crippen LogP contribution is -2.27. The van der Waals surface area contributed by atoms with Gasteiger partial charge in [-0.3, -0.25) is 0 Å². The molecule has 0 bridgehead atoms. The third-order valence-corrected chi connectivity index (χ3v) is 4.54. The van der Waals surface area contributed by atoms with Crippen LogP contribution in [0.1, 0.15) is 38.7 Å². The second kappa shape index (κ2) is 5.26. The van der Waals surface area contributed by atoms with Gasteiger partial charge in [0.05, 0.1) is 5.88 Å². The number of rotatable bonds is 4. The monoisotopic (exact) mass is 252 g/mol. The van der Waals surface area contributed by atoms with Crippen molar-refractivity contribution < 1.29 is 0 Å². The van der Waals surface area contributed by atoms with Crippen LogP contribution in [0, 0.1) is 5.41 Å². The fourth-order valence-corrected chi connectivity index (χ4v) is 2.97. The number of hydrogen-bond acceptors (Lipinski definition) is 2. The summed E-state index contributed by atoms with van der Waals surface area (Å²) < 4.78 is 0. The predicted octanol–water partition coefficient (Wildman–Crippen LogP) is 3.84. The molecule has 0 radical (unpaired) electrons. The summed E-state index contributed by atoms with van der Waals surface area (Å²) in [4.78, 5) is 6.91. The zero-order valence-electron chi connectivity index (χ0n) is 10.7. The number of halogens is 1. The third-order valence-electron chi connectivity index (χ3n) is 4.25. The van der Waals surface area contributed by atoms with E-state index in [9.17, 15) is 0 Å². The van der Waals surface area contributed by atoms with Crippen molar-refractivity contribution in [2.45, 2.75) is 39.0 Å². The maximum absolute atomic E-state index is 5.98. The van der Waals surface area contributed by atoms with Gasteiger partial charge in [-0.05, 0) is 30.7 Å². The van der Waals surface area contributed by atoms with Crippen LogP contribution in [0.3, 0.4) is 0 Å². The van der Waals surface area contributed by atoms with Crippen LogP contribution in [0.15, 0.2) is 18.3 Å². The van der Waals surface area contributed by atoms with Gasteiger partial charge in [-0.2, -0.15) is 0 Å². The van der Waals surface area contributed by atoms with Crippen molar-refractivity contribution >= 4 is 17.4 Å². The summed E-state index contributed by atoms with van der Waals surface area (Å²) in [6.45, 7) is 6.84. The van der Waals surface area contributed by atoms with Crippen molar-refractivity contribution in [2.24, 2.45) is 5.41 Å². The van der Waals surface area contributed by atoms with Crippen molar-refractivity contribution in [2.75, 3.05) is 18.0 Å². The maximum Gasteiger partial charge on any atom is 0.132 e. The normalized spacial score (nSPS) is 18.6. The molecule has 2 rings (SSSR count). The summed E-state index contributed by atoms with van der Waals surface area (Å²) in [7, 11) is 0. The Balaban J connectivity index is 2.20. The van der Waals surface area contributed by atoms with Gasteiger partial charge in [-0.25, -0.2) is 4.98 Å². The first-order valence-corrected chi connectivity index (χ1v) is 7.03. The Labute approximate surface area is 109 Å². The number of anilines is 1. The molecular weight excluding hydrogens is 232 g/mol. The first kappa shape index (κ1) is 12.7. The van der Waals surface area contributed by atoms with E-state index in [1.54, 1.807) is 0 Å². The third kappa shape index (κ3) is 2.42. The molecule has 1 aliphatic heterocycles. The molecule has 1 aliphatic rings. The SMILES string of the molecule is CCC1(CC)CCN(c2ncccc2CCl)C1. The molecule has 17 heavy (non-hydrogen) atoms. The van der Waals surface area contributed by atoms with E-state index in [4.69, 9.17) is 11.6 Å². The van der Waals surface area contributed by atoms with Crippen molar-refractivity contribution in [3.8, 4) is 0 Å². The topological polar surface area (TPSA) is 16.1 Å². The van der Waals surface area contributed by atoms with E-state index >= 15 is 0 Å². The summed E-state index contributed by atoms with van der Waals surface area (Å²) in [6, 6.07) is 4.04. The van der Waals surface area contributed by atoms with E-state index in [1.807, 2.05) is 12.3 Å². The molecule has 2 heterocycles. The van der Waals surface area contributed by atoms with Crippen LogP contribution >= 0.6 is 11.6 Å². The predicted molar refractivity (Wildman–Crippen MR) is 73.6 cm³/mol. The molecule has 94 valence electrons. The molecule has 0 aliphatic carbocycles. The van der Waals surface area contributed by atoms with Crippen molar-refractivity contribution in [3.05, 3.63) is 23.9 Å². The highest BCUT2D eigenvalue weighted by atomic mass is 35.5. The molecule has 1 aromatic heterocycles. The van der Waals surface area contributed by atoms with Crippen molar-refractivity contribution in [1.82, 2.24) is 4.98 Å². The van der Waals surface area contributed by atoms with Gasteiger partial charge < -0.3 is 4.90 Å². The highest BCUT2D eigenvalue weighted by Gasteiger charge is 2.35. The highest BCUT2D eigenvalue weighted by molar-refractivity contribution is 6.17. The van der Waals surface area contributed by atoms with Crippen LogP contribution in [-0.4, -0.2) is 18.1 Å². The number of aromatic nitrogens is 1. The first-order valence-electron chi connectivity index (χ1n) is 6.49. The van der Waals surface area contributed by atoms with Gasteiger partial charge in [-0.1, -0.05) is 19.9 Å². The van der Waals surface area contributed by atoms with Crippen LogP contribution in [0.2, 0.25) is 0 Å². The van der Waals surface area contributed by atoms with Crippen molar-refractivity contribution in [1.29, 1.82) is 0 Å². The van der Waals surface area contributed by atoms with E-state index in [2.05, 4.69) is 29.8 Å². The molecule has 0 amide bonds. The smallest absolute Gasteiger partial charge is 0.132 e. The Morgan fingerprint density at radius 3 is 2.76 bits per heavy atom. The van der Waals surface area contributed by atoms with Gasteiger partial charge in [0.2, 0.25) is 0 Å². The molecular formula is C14H21ClN2. The molecule has 1 saturated heterocycles. The molecule has 3 heteroatoms. The van der Waals surface area contributed by atoms with Crippen LogP contribution in [0.5, 0.6) is 0 Å². The minimum absolute atomic E-state index is 0.487. The fraction of sp³-hybridized carbons (Fsp3) is 0.643. The summed E-state index contributed by atoms with van der Waals surface area (Å²) in [5, 5.41) is 0. The van der Waals surface area contributed by atoms with E-state index in [1.165, 1.54) is 19.3 Å². The van der Waals surface area contributed by atoms with Crippen molar-refractivity contribution in [3.63, 3.8) is 0 Å². The summed E-state index contributed by atoms with van der Waals surface area (Å²) in [5.41, 5.74) is 1.64. The lowest BCUT2D eigenvalue weighted by Gasteiger charge is -2.27. The Hall–Kier alpha value is -0.760. The number of hydrogen-bond donors (Lipinski definition) is 0. The highest BCUT2D eigenvalue weighted by Crippen LogP contribution is 2.39. The van der Waals surface area contributed by atoms with Gasteiger partial charge in [-0.15, -0.1) is 11.6 Å². The average Bonchev–Trinajstić information content (AvgIpc) is 2.83. The minimum atomic E-state index is 0.487. The Morgan fingerprint density at radius 1 is 1.41 bits per heavy atom. The van der Waals surface area contributed by atoms with Crippen LogP contribution in [-0.2, 0) is 5.88 Å². The van der Waals surface area contributed by atoms with E-state index in [0.29, 0.717) is 11.3 Å². The number of pyridine rings is 1. The molecule has 1 aromatic rings. The van der Waals surface area contributed by atoms with Gasteiger partial charge in [0.25, 0.3) is 0 Å². The van der Waals surface area contributed by atoms with Gasteiger partial charge in [0.15, 0.2) is 0 Å². The van der Waals surface area contributed by atoms with Crippen LogP contribution in [0.4, 0.5) is 5.82 Å². The zero-order chi connectivity index (χ0) is 12.3. The molecule has 0 spiro atoms. The van der Waals surface area contributed by atoms with Crippen LogP contribution in [0.25, 0.3) is 0 Å². The lowest BCUT2D eigenvalue weighted by atomic mass is 9.82. The second-order valence-electron chi connectivity index (χ2n) is 5.00. The number of nitrogens with zero attached hydrogens (tertiary/aromatic N) is 2. The standard InChI is InChI=1S/C14H21ClN2/c1-3-14(4-2)7-9-17(11-14)13-12(10-15)6-5-8-16-13/h5-6,8H,3-4,7,9-11H2,1-2H3. The largest absolute Gasteiger partial charge is 0.356 e. The number of alkyl halides is 1. The molecule has 2 nitrogen and oxygen atoms in total. The van der Waals surface area contributed by atoms with Gasteiger partial charge >= 0.3 is 0 Å². The molecule has 0 aromatic carbocycles. The first-order chi connectivity index (χ1) is 8.24. The van der Waals surface area contributed by atoms with Gasteiger partial charge in [0.1, 0.15) is 5.82 Å². The average molecular weight is 253 g/mol. The van der Waals surface area contributed by atoms with E-state index in [-0.39, 0.29) is 0 Å². The fourth-order valence-electron chi connectivity index (χ4n) is 2.76. The molecule has 0 atom stereocenters. The quantitative estimate of drug-likeness (QED) is 0.757. The maximum atomic E-state index is 5.98. The van der Waals surface area contributed by atoms with E-state index in [0.717, 1.165) is 24.5 Å². The Morgan fingerprint density at radius 2 is 2.18 bits per heavy atom. The summed E-state index contributed by atoms with van der Waals surface area (Å²) >= 11 is 5.98. The second-order valence-corrected chi connectivity index (χ2v) is 5.27. The zero-order valence-corrected chi connectivity index (χ0v) is 11.5. The molecule has 0 saturated carbocycles. The molecule has 0 unspecified atom stereocenters. The minimum Gasteiger partial charge on any atom is -0.356 e. The molecule has 0 N–H and O–H groups in total. The summed E-state index contributed by atoms with van der Waals surface area (Å²) in [6.07, 6.45) is 5.65. The lowest BCUT2D eigenvalue weighted by molar-refractivity contribution is 0.301. The van der Waals surface area contributed by atoms with Gasteiger partial charge in [0, 0.05) is 24.8 Å². The Bertz CT molecular complexity index is 374. The van der Waals surface area contributed by atoms with Crippen LogP contribution < -0.4 is 4.90 Å². The van der Waals surface area contributed by atoms with E-state index < -0.39 is 0 Å². The summed E-state index contributed by atoms with van der Waals surface area (Å²) in [5.74, 6) is 1.64. The molecule has 1 fully saturated rings. The Kier molecular flexibility index (Phi) is 3.93.